The molecule has 1 N–H and O–H groups in total. The Bertz CT molecular complexity index is 1450. The van der Waals surface area contributed by atoms with Gasteiger partial charge < -0.3 is 19.7 Å². The van der Waals surface area contributed by atoms with Crippen LogP contribution >= 0.6 is 23.5 Å². The number of hydrazine groups is 1. The van der Waals surface area contributed by atoms with Crippen molar-refractivity contribution in [2.24, 2.45) is 0 Å². The number of fused-ring (bicyclic) bond motifs is 1. The zero-order chi connectivity index (χ0) is 33.9. The number of nitrogens with one attached hydrogen (secondary N) is 1. The smallest absolute Gasteiger partial charge is 0.355 e. The maximum Gasteiger partial charge on any atom is 0.355 e. The molecule has 1 aromatic carbocycles. The van der Waals surface area contributed by atoms with E-state index < -0.39 is 52.8 Å². The van der Waals surface area contributed by atoms with E-state index in [-0.39, 0.29) is 59.9 Å². The van der Waals surface area contributed by atoms with Crippen molar-refractivity contribution < 1.29 is 43.0 Å². The molecule has 0 spiro atoms. The predicted molar refractivity (Wildman–Crippen MR) is 168 cm³/mol. The average molecular weight is 676 g/mol. The first-order valence-electron chi connectivity index (χ1n) is 14.5. The minimum atomic E-state index is -1.56. The lowest BCUT2D eigenvalue weighted by molar-refractivity contribution is -0.177. The third kappa shape index (κ3) is 7.02. The van der Waals surface area contributed by atoms with Gasteiger partial charge in [-0.2, -0.15) is 0 Å². The number of esters is 2. The molecule has 0 radical (unpaired) electrons. The summed E-state index contributed by atoms with van der Waals surface area (Å²) in [5.74, 6) is -4.58. The Hall–Kier alpha value is -4.05. The number of hydrogen-bond donors (Lipinski definition) is 1. The highest BCUT2D eigenvalue weighted by molar-refractivity contribution is 8.04. The summed E-state index contributed by atoms with van der Waals surface area (Å²) >= 11 is 2.68. The standard InChI is InChI=1S/C30H37N5O9S2/c1-7-32-13-14-33(27(41)26(32)40)34(16-36)20(18-11-9-8-10-12-18)23(38)31-24(43-17(2)37)19-15-46-28-22(45-6)25(39)35(28)21(19)29(42)44-30(3,4)5/h8-12,16,20,22,24,28H,7,13-15H2,1-6H3,(H,31,38)/t20?,22-,24?,28-/m1/s1. The fraction of sp³-hybridized carbons (Fsp3) is 0.500. The molecule has 248 valence electrons. The first-order chi connectivity index (χ1) is 21.7. The van der Waals surface area contributed by atoms with E-state index >= 15 is 0 Å². The van der Waals surface area contributed by atoms with Crippen LogP contribution < -0.4 is 5.32 Å². The normalized spacial score (nSPS) is 21.2. The molecule has 3 aliphatic rings. The van der Waals surface area contributed by atoms with Crippen LogP contribution in [0.5, 0.6) is 0 Å². The number of thioether (sulfide) groups is 2. The van der Waals surface area contributed by atoms with Crippen molar-refractivity contribution >= 4 is 65.5 Å². The summed E-state index contributed by atoms with van der Waals surface area (Å²) in [5.41, 5.74) is -0.677. The van der Waals surface area contributed by atoms with Gasteiger partial charge in [-0.15, -0.1) is 23.5 Å². The quantitative estimate of drug-likeness (QED) is 0.117. The summed E-state index contributed by atoms with van der Waals surface area (Å²) in [5, 5.41) is 3.59. The molecule has 0 bridgehead atoms. The Morgan fingerprint density at radius 3 is 2.37 bits per heavy atom. The Morgan fingerprint density at radius 2 is 1.80 bits per heavy atom. The number of carbonyl (C=O) groups is 7. The number of piperazine rings is 1. The number of ether oxygens (including phenoxy) is 2. The van der Waals surface area contributed by atoms with Crippen molar-refractivity contribution in [3.63, 3.8) is 0 Å². The molecule has 1 aromatic rings. The molecule has 3 heterocycles. The Kier molecular flexibility index (Phi) is 10.7. The van der Waals surface area contributed by atoms with Gasteiger partial charge in [0.2, 0.25) is 18.5 Å². The van der Waals surface area contributed by atoms with Gasteiger partial charge in [0.25, 0.3) is 5.91 Å². The van der Waals surface area contributed by atoms with E-state index in [4.69, 9.17) is 9.47 Å². The highest BCUT2D eigenvalue weighted by Gasteiger charge is 2.55. The van der Waals surface area contributed by atoms with Crippen molar-refractivity contribution in [2.75, 3.05) is 31.6 Å². The minimum Gasteiger partial charge on any atom is -0.455 e. The lowest BCUT2D eigenvalue weighted by Crippen LogP contribution is -2.65. The van der Waals surface area contributed by atoms with Crippen molar-refractivity contribution in [3.8, 4) is 0 Å². The number of benzene rings is 1. The average Bonchev–Trinajstić information content (AvgIpc) is 2.99. The van der Waals surface area contributed by atoms with Crippen molar-refractivity contribution in [1.82, 2.24) is 25.1 Å². The second kappa shape index (κ2) is 14.2. The van der Waals surface area contributed by atoms with E-state index in [0.29, 0.717) is 0 Å². The van der Waals surface area contributed by atoms with Gasteiger partial charge in [-0.05, 0) is 39.5 Å². The summed E-state index contributed by atoms with van der Waals surface area (Å²) in [6.07, 6.45) is 0.507. The molecule has 46 heavy (non-hydrogen) atoms. The molecule has 2 fully saturated rings. The van der Waals surface area contributed by atoms with Crippen LogP contribution in [-0.4, -0.2) is 116 Å². The molecule has 2 unspecified atom stereocenters. The molecule has 0 saturated carbocycles. The number of hydrogen-bond acceptors (Lipinski definition) is 11. The number of amides is 5. The molecule has 2 saturated heterocycles. The van der Waals surface area contributed by atoms with Gasteiger partial charge in [0, 0.05) is 31.3 Å². The van der Waals surface area contributed by atoms with Crippen LogP contribution in [0.4, 0.5) is 0 Å². The molecule has 16 heteroatoms. The largest absolute Gasteiger partial charge is 0.455 e. The molecular formula is C30H37N5O9S2. The van der Waals surface area contributed by atoms with Crippen LogP contribution in [0.3, 0.4) is 0 Å². The highest BCUT2D eigenvalue weighted by Crippen LogP contribution is 2.45. The summed E-state index contributed by atoms with van der Waals surface area (Å²) in [4.78, 5) is 94.3. The lowest BCUT2D eigenvalue weighted by Gasteiger charge is -2.50. The number of nitrogens with zero attached hydrogens (tertiary/aromatic N) is 4. The van der Waals surface area contributed by atoms with Crippen LogP contribution in [0, 0.1) is 0 Å². The topological polar surface area (TPSA) is 163 Å². The SMILES string of the molecule is CCN1CCN(N(C=O)C(C(=O)NC(OC(C)=O)C2=C(C(=O)OC(C)(C)C)N3C(=O)[C@@H](SC)[C@H]3SC2)c2ccccc2)C(=O)C1=O. The van der Waals surface area contributed by atoms with Crippen molar-refractivity contribution in [3.05, 3.63) is 47.2 Å². The van der Waals surface area contributed by atoms with E-state index in [1.165, 1.54) is 33.3 Å². The number of carbonyl (C=O) groups excluding carboxylic acids is 7. The van der Waals surface area contributed by atoms with Crippen LogP contribution in [0.15, 0.2) is 41.6 Å². The van der Waals surface area contributed by atoms with Gasteiger partial charge in [0.05, 0.1) is 6.54 Å². The predicted octanol–water partition coefficient (Wildman–Crippen LogP) is 1.04. The Labute approximate surface area is 275 Å². The summed E-state index contributed by atoms with van der Waals surface area (Å²) in [6, 6.07) is 6.57. The van der Waals surface area contributed by atoms with Gasteiger partial charge in [-0.3, -0.25) is 33.7 Å². The zero-order valence-electron chi connectivity index (χ0n) is 26.4. The molecule has 5 amide bonds. The van der Waals surface area contributed by atoms with Gasteiger partial charge in [0.1, 0.15) is 21.9 Å². The second-order valence-corrected chi connectivity index (χ2v) is 13.6. The van der Waals surface area contributed by atoms with E-state index in [1.54, 1.807) is 64.3 Å². The van der Waals surface area contributed by atoms with Crippen LogP contribution in [0.25, 0.3) is 0 Å². The fourth-order valence-corrected chi connectivity index (χ4v) is 7.80. The molecule has 3 aliphatic heterocycles. The van der Waals surface area contributed by atoms with Gasteiger partial charge in [-0.25, -0.2) is 14.8 Å². The summed E-state index contributed by atoms with van der Waals surface area (Å²) in [6.45, 7) is 8.20. The summed E-state index contributed by atoms with van der Waals surface area (Å²) in [7, 11) is 0. The first kappa shape index (κ1) is 34.8. The Morgan fingerprint density at radius 1 is 1.13 bits per heavy atom. The van der Waals surface area contributed by atoms with E-state index in [9.17, 15) is 33.6 Å². The second-order valence-electron chi connectivity index (χ2n) is 11.6. The number of β-lactam (4-membered cyclic amide) rings is 1. The van der Waals surface area contributed by atoms with Gasteiger partial charge in [-0.1, -0.05) is 30.3 Å². The third-order valence-electron chi connectivity index (χ3n) is 7.35. The van der Waals surface area contributed by atoms with Crippen molar-refractivity contribution in [2.45, 2.75) is 63.1 Å². The lowest BCUT2D eigenvalue weighted by atomic mass is 10.0. The molecule has 4 atom stereocenters. The van der Waals surface area contributed by atoms with Gasteiger partial charge in [0.15, 0.2) is 6.04 Å². The maximum absolute atomic E-state index is 14.2. The van der Waals surface area contributed by atoms with E-state index in [2.05, 4.69) is 5.32 Å². The third-order valence-corrected chi connectivity index (χ3v) is 9.79. The van der Waals surface area contributed by atoms with Crippen LogP contribution in [0.1, 0.15) is 46.2 Å². The first-order valence-corrected chi connectivity index (χ1v) is 16.9. The molecule has 14 nitrogen and oxygen atoms in total. The van der Waals surface area contributed by atoms with Crippen LogP contribution in [-0.2, 0) is 43.0 Å². The van der Waals surface area contributed by atoms with E-state index in [1.807, 2.05) is 0 Å². The molecule has 0 aliphatic carbocycles. The minimum absolute atomic E-state index is 0.0548. The molecule has 0 aromatic heterocycles. The zero-order valence-corrected chi connectivity index (χ0v) is 28.0. The molecular weight excluding hydrogens is 638 g/mol. The van der Waals surface area contributed by atoms with Crippen LogP contribution in [0.2, 0.25) is 0 Å². The summed E-state index contributed by atoms with van der Waals surface area (Å²) < 4.78 is 11.2. The van der Waals surface area contributed by atoms with E-state index in [0.717, 1.165) is 16.9 Å². The monoisotopic (exact) mass is 675 g/mol. The number of rotatable bonds is 11. The Balaban J connectivity index is 1.77. The maximum atomic E-state index is 14.2. The fourth-order valence-electron chi connectivity index (χ4n) is 5.27. The molecule has 4 rings (SSSR count). The highest BCUT2D eigenvalue weighted by atomic mass is 32.2. The van der Waals surface area contributed by atoms with Crippen molar-refractivity contribution in [1.29, 1.82) is 0 Å². The van der Waals surface area contributed by atoms with Gasteiger partial charge >= 0.3 is 23.8 Å². The number of likely N-dealkylation sites (N-methyl/N-ethyl adjacent to an activating group) is 1.